The number of ether oxygens (including phenoxy) is 1. The van der Waals surface area contributed by atoms with Crippen molar-refractivity contribution < 1.29 is 4.74 Å². The summed E-state index contributed by atoms with van der Waals surface area (Å²) in [5, 5.41) is 0.912. The minimum Gasteiger partial charge on any atom is -0.378 e. The molecule has 0 spiro atoms. The monoisotopic (exact) mass is 254 g/mol. The quantitative estimate of drug-likeness (QED) is 0.707. The summed E-state index contributed by atoms with van der Waals surface area (Å²) < 4.78 is 5.69. The molecule has 17 heavy (non-hydrogen) atoms. The first-order chi connectivity index (χ1) is 8.06. The van der Waals surface area contributed by atoms with Crippen LogP contribution in [0.3, 0.4) is 0 Å². The molecular weight excluding hydrogens is 232 g/mol. The lowest BCUT2D eigenvalue weighted by molar-refractivity contribution is 0.0669. The van der Waals surface area contributed by atoms with E-state index >= 15 is 0 Å². The van der Waals surface area contributed by atoms with Gasteiger partial charge in [-0.05, 0) is 36.8 Å². The Morgan fingerprint density at radius 1 is 1.24 bits per heavy atom. The zero-order valence-corrected chi connectivity index (χ0v) is 12.1. The van der Waals surface area contributed by atoms with E-state index in [1.807, 2.05) is 0 Å². The van der Waals surface area contributed by atoms with Gasteiger partial charge in [0.25, 0.3) is 0 Å². The van der Waals surface area contributed by atoms with E-state index in [1.54, 1.807) is 0 Å². The Hall–Kier alpha value is -0.530. The Morgan fingerprint density at radius 2 is 1.94 bits per heavy atom. The van der Waals surface area contributed by atoms with Gasteiger partial charge < -0.3 is 4.74 Å². The minimum atomic E-state index is 0.231. The van der Waals surface area contributed by atoms with Crippen molar-refractivity contribution in [2.75, 3.05) is 6.61 Å². The molecule has 0 aliphatic rings. The predicted octanol–water partition coefficient (Wildman–Crippen LogP) is 4.82. The number of hydrogen-bond acceptors (Lipinski definition) is 1. The smallest absolute Gasteiger partial charge is 0.0587 e. The van der Waals surface area contributed by atoms with Gasteiger partial charge in [-0.25, -0.2) is 0 Å². The summed E-state index contributed by atoms with van der Waals surface area (Å²) in [7, 11) is 0. The zero-order valence-electron chi connectivity index (χ0n) is 11.3. The standard InChI is InChI=1S/C15H23ClO/c1-5-9-17-12(4)10-13-7-6-8-14(11(2)3)15(13)16/h6-8,11-12H,5,9-10H2,1-4H3. The van der Waals surface area contributed by atoms with Crippen molar-refractivity contribution in [2.24, 2.45) is 0 Å². The van der Waals surface area contributed by atoms with Crippen molar-refractivity contribution in [1.29, 1.82) is 0 Å². The van der Waals surface area contributed by atoms with Gasteiger partial charge in [0.05, 0.1) is 6.10 Å². The van der Waals surface area contributed by atoms with E-state index in [1.165, 1.54) is 11.1 Å². The molecule has 1 unspecified atom stereocenters. The van der Waals surface area contributed by atoms with E-state index in [4.69, 9.17) is 16.3 Å². The lowest BCUT2D eigenvalue weighted by Gasteiger charge is -2.16. The Morgan fingerprint density at radius 3 is 2.53 bits per heavy atom. The average Bonchev–Trinajstić information content (AvgIpc) is 2.28. The fourth-order valence-corrected chi connectivity index (χ4v) is 2.31. The first-order valence-electron chi connectivity index (χ1n) is 6.45. The van der Waals surface area contributed by atoms with Gasteiger partial charge in [-0.3, -0.25) is 0 Å². The van der Waals surface area contributed by atoms with Gasteiger partial charge in [-0.1, -0.05) is 50.6 Å². The van der Waals surface area contributed by atoms with Crippen LogP contribution < -0.4 is 0 Å². The third-order valence-corrected chi connectivity index (χ3v) is 3.31. The Kier molecular flexibility index (Phi) is 6.01. The molecule has 0 radical (unpaired) electrons. The summed E-state index contributed by atoms with van der Waals surface area (Å²) in [5.74, 6) is 0.467. The Labute approximate surface area is 110 Å². The third kappa shape index (κ3) is 4.33. The zero-order chi connectivity index (χ0) is 12.8. The van der Waals surface area contributed by atoms with Crippen LogP contribution in [-0.2, 0) is 11.2 Å². The van der Waals surface area contributed by atoms with E-state index in [9.17, 15) is 0 Å². The molecule has 0 saturated carbocycles. The molecule has 1 rings (SSSR count). The highest BCUT2D eigenvalue weighted by Gasteiger charge is 2.11. The highest BCUT2D eigenvalue weighted by atomic mass is 35.5. The molecule has 0 aromatic heterocycles. The van der Waals surface area contributed by atoms with E-state index in [-0.39, 0.29) is 6.10 Å². The summed E-state index contributed by atoms with van der Waals surface area (Å²) in [6.07, 6.45) is 2.18. The second kappa shape index (κ2) is 7.03. The molecule has 0 amide bonds. The van der Waals surface area contributed by atoms with Gasteiger partial charge >= 0.3 is 0 Å². The van der Waals surface area contributed by atoms with Crippen molar-refractivity contribution in [1.82, 2.24) is 0 Å². The molecule has 1 aromatic rings. The molecule has 0 bridgehead atoms. The summed E-state index contributed by atoms with van der Waals surface area (Å²) in [6, 6.07) is 6.29. The van der Waals surface area contributed by atoms with Crippen LogP contribution in [0.15, 0.2) is 18.2 Å². The second-order valence-corrected chi connectivity index (χ2v) is 5.24. The van der Waals surface area contributed by atoms with Crippen LogP contribution in [0.2, 0.25) is 5.02 Å². The van der Waals surface area contributed by atoms with Gasteiger partial charge in [0.15, 0.2) is 0 Å². The Balaban J connectivity index is 2.74. The van der Waals surface area contributed by atoms with Crippen LogP contribution in [-0.4, -0.2) is 12.7 Å². The van der Waals surface area contributed by atoms with Crippen LogP contribution >= 0.6 is 11.6 Å². The summed E-state index contributed by atoms with van der Waals surface area (Å²) >= 11 is 6.43. The number of halogens is 1. The fraction of sp³-hybridized carbons (Fsp3) is 0.600. The molecule has 1 nitrogen and oxygen atoms in total. The molecule has 1 aromatic carbocycles. The van der Waals surface area contributed by atoms with Gasteiger partial charge in [0.1, 0.15) is 0 Å². The normalized spacial score (nSPS) is 13.1. The minimum absolute atomic E-state index is 0.231. The predicted molar refractivity (Wildman–Crippen MR) is 75.0 cm³/mol. The molecule has 2 heteroatoms. The maximum absolute atomic E-state index is 6.43. The van der Waals surface area contributed by atoms with Crippen LogP contribution in [0.25, 0.3) is 0 Å². The van der Waals surface area contributed by atoms with Crippen molar-refractivity contribution in [2.45, 2.75) is 52.6 Å². The van der Waals surface area contributed by atoms with E-state index < -0.39 is 0 Å². The number of rotatable bonds is 6. The lowest BCUT2D eigenvalue weighted by atomic mass is 9.98. The molecule has 0 aliphatic carbocycles. The van der Waals surface area contributed by atoms with Crippen molar-refractivity contribution in [3.63, 3.8) is 0 Å². The summed E-state index contributed by atoms with van der Waals surface area (Å²) in [4.78, 5) is 0. The molecule has 0 saturated heterocycles. The number of benzene rings is 1. The molecule has 0 N–H and O–H groups in total. The second-order valence-electron chi connectivity index (χ2n) is 4.86. The van der Waals surface area contributed by atoms with Crippen molar-refractivity contribution in [3.05, 3.63) is 34.3 Å². The largest absolute Gasteiger partial charge is 0.378 e. The van der Waals surface area contributed by atoms with E-state index in [0.29, 0.717) is 5.92 Å². The average molecular weight is 255 g/mol. The molecule has 96 valence electrons. The third-order valence-electron chi connectivity index (χ3n) is 2.84. The maximum atomic E-state index is 6.43. The van der Waals surface area contributed by atoms with Crippen molar-refractivity contribution >= 4 is 11.6 Å². The molecule has 0 aliphatic heterocycles. The van der Waals surface area contributed by atoms with Crippen LogP contribution in [0.4, 0.5) is 0 Å². The van der Waals surface area contributed by atoms with Crippen LogP contribution in [0.1, 0.15) is 51.2 Å². The fourth-order valence-electron chi connectivity index (χ4n) is 1.89. The highest BCUT2D eigenvalue weighted by molar-refractivity contribution is 6.32. The van der Waals surface area contributed by atoms with E-state index in [0.717, 1.165) is 24.5 Å². The molecule has 1 atom stereocenters. The van der Waals surface area contributed by atoms with Gasteiger partial charge in [-0.15, -0.1) is 0 Å². The summed E-state index contributed by atoms with van der Waals surface area (Å²) in [5.41, 5.74) is 2.42. The maximum Gasteiger partial charge on any atom is 0.0587 e. The van der Waals surface area contributed by atoms with Crippen LogP contribution in [0, 0.1) is 0 Å². The van der Waals surface area contributed by atoms with Crippen LogP contribution in [0.5, 0.6) is 0 Å². The molecule has 0 heterocycles. The Bertz CT molecular complexity index is 347. The lowest BCUT2D eigenvalue weighted by Crippen LogP contribution is -2.13. The van der Waals surface area contributed by atoms with E-state index in [2.05, 4.69) is 45.9 Å². The first-order valence-corrected chi connectivity index (χ1v) is 6.82. The summed E-state index contributed by atoms with van der Waals surface area (Å²) in [6.45, 7) is 9.39. The highest BCUT2D eigenvalue weighted by Crippen LogP contribution is 2.28. The van der Waals surface area contributed by atoms with Crippen molar-refractivity contribution in [3.8, 4) is 0 Å². The number of hydrogen-bond donors (Lipinski definition) is 0. The van der Waals surface area contributed by atoms with Gasteiger partial charge in [-0.2, -0.15) is 0 Å². The first kappa shape index (κ1) is 14.5. The topological polar surface area (TPSA) is 9.23 Å². The molecule has 0 fully saturated rings. The van der Waals surface area contributed by atoms with Gasteiger partial charge in [0.2, 0.25) is 0 Å². The van der Waals surface area contributed by atoms with Gasteiger partial charge in [0, 0.05) is 11.6 Å². The molecular formula is C15H23ClO. The SMILES string of the molecule is CCCOC(C)Cc1cccc(C(C)C)c1Cl.